The topological polar surface area (TPSA) is 54.3 Å². The van der Waals surface area contributed by atoms with E-state index in [-0.39, 0.29) is 6.04 Å². The zero-order valence-corrected chi connectivity index (χ0v) is 18.8. The highest BCUT2D eigenvalue weighted by atomic mass is 32.2. The van der Waals surface area contributed by atoms with E-state index >= 15 is 0 Å². The number of hydrogen-bond acceptors (Lipinski definition) is 3. The number of aryl methyl sites for hydroxylation is 1. The number of rotatable bonds is 6. The van der Waals surface area contributed by atoms with Gasteiger partial charge in [0.2, 0.25) is 10.0 Å². The number of nitrogens with zero attached hydrogens (tertiary/aromatic N) is 2. The van der Waals surface area contributed by atoms with Crippen molar-refractivity contribution in [1.29, 1.82) is 0 Å². The van der Waals surface area contributed by atoms with E-state index in [1.54, 1.807) is 0 Å². The minimum atomic E-state index is -3.60. The Morgan fingerprint density at radius 3 is 2.00 bits per heavy atom. The van der Waals surface area contributed by atoms with Gasteiger partial charge in [-0.1, -0.05) is 0 Å². The van der Waals surface area contributed by atoms with E-state index in [1.807, 2.05) is 47.0 Å². The molecule has 1 aliphatic rings. The first-order valence-corrected chi connectivity index (χ1v) is 11.6. The molecule has 0 amide bonds. The van der Waals surface area contributed by atoms with Gasteiger partial charge >= 0.3 is 0 Å². The van der Waals surface area contributed by atoms with Crippen molar-refractivity contribution in [2.45, 2.75) is 58.4 Å². The molecule has 3 rings (SSSR count). The molecule has 5 nitrogen and oxygen atoms in total. The summed E-state index contributed by atoms with van der Waals surface area (Å²) in [6.45, 7) is 12.3. The summed E-state index contributed by atoms with van der Waals surface area (Å²) in [6.07, 6.45) is 4.36. The van der Waals surface area contributed by atoms with Crippen LogP contribution in [0.1, 0.15) is 52.4 Å². The van der Waals surface area contributed by atoms with Gasteiger partial charge in [0.25, 0.3) is 0 Å². The van der Waals surface area contributed by atoms with E-state index in [9.17, 15) is 8.42 Å². The number of likely N-dealkylation sites (tertiary alicyclic amines) is 1. The molecule has 1 fully saturated rings. The van der Waals surface area contributed by atoms with Gasteiger partial charge in [0.1, 0.15) is 0 Å². The Bertz CT molecular complexity index is 941. The van der Waals surface area contributed by atoms with Crippen LogP contribution in [0, 0.1) is 34.6 Å². The molecule has 0 spiro atoms. The predicted molar refractivity (Wildman–Crippen MR) is 114 cm³/mol. The first-order valence-electron chi connectivity index (χ1n) is 10.1. The molecule has 6 heteroatoms. The van der Waals surface area contributed by atoms with Crippen molar-refractivity contribution < 1.29 is 8.42 Å². The third kappa shape index (κ3) is 3.78. The van der Waals surface area contributed by atoms with Crippen LogP contribution in [-0.2, 0) is 17.1 Å². The largest absolute Gasteiger partial charge is 0.353 e. The average Bonchev–Trinajstić information content (AvgIpc) is 3.31. The van der Waals surface area contributed by atoms with Gasteiger partial charge in [-0.3, -0.25) is 4.90 Å². The first kappa shape index (κ1) is 21.1. The van der Waals surface area contributed by atoms with Crippen molar-refractivity contribution in [2.75, 3.05) is 19.6 Å². The molecule has 28 heavy (non-hydrogen) atoms. The lowest BCUT2D eigenvalue weighted by atomic mass is 9.95. The predicted octanol–water partition coefficient (Wildman–Crippen LogP) is 3.68. The van der Waals surface area contributed by atoms with Crippen LogP contribution in [0.2, 0.25) is 0 Å². The number of sulfonamides is 1. The Morgan fingerprint density at radius 2 is 1.50 bits per heavy atom. The van der Waals surface area contributed by atoms with Gasteiger partial charge in [0.05, 0.1) is 10.9 Å². The zero-order chi connectivity index (χ0) is 20.6. The summed E-state index contributed by atoms with van der Waals surface area (Å²) in [7, 11) is -1.58. The summed E-state index contributed by atoms with van der Waals surface area (Å²) < 4.78 is 31.7. The van der Waals surface area contributed by atoms with Gasteiger partial charge < -0.3 is 4.57 Å². The number of nitrogens with one attached hydrogen (secondary N) is 1. The molecule has 1 aromatic carbocycles. The molecular formula is C22H33N3O2S. The summed E-state index contributed by atoms with van der Waals surface area (Å²) in [5.41, 5.74) is 6.14. The fraction of sp³-hybridized carbons (Fsp3) is 0.545. The van der Waals surface area contributed by atoms with Gasteiger partial charge in [-0.15, -0.1) is 0 Å². The first-order chi connectivity index (χ1) is 13.1. The molecule has 0 bridgehead atoms. The summed E-state index contributed by atoms with van der Waals surface area (Å²) in [6, 6.07) is 4.16. The quantitative estimate of drug-likeness (QED) is 0.800. The van der Waals surface area contributed by atoms with Crippen LogP contribution in [0.15, 0.2) is 23.2 Å². The summed E-state index contributed by atoms with van der Waals surface area (Å²) in [4.78, 5) is 2.84. The molecule has 0 saturated carbocycles. The molecule has 1 atom stereocenters. The summed E-state index contributed by atoms with van der Waals surface area (Å²) >= 11 is 0. The van der Waals surface area contributed by atoms with Gasteiger partial charge in [-0.05, 0) is 100 Å². The lowest BCUT2D eigenvalue weighted by Crippen LogP contribution is -2.38. The van der Waals surface area contributed by atoms with Crippen molar-refractivity contribution in [2.24, 2.45) is 7.05 Å². The summed E-state index contributed by atoms with van der Waals surface area (Å²) in [5.74, 6) is 0. The molecule has 1 aromatic heterocycles. The van der Waals surface area contributed by atoms with Crippen LogP contribution in [0.4, 0.5) is 0 Å². The molecule has 2 heterocycles. The number of aromatic nitrogens is 1. The second-order valence-electron chi connectivity index (χ2n) is 8.11. The molecule has 1 N–H and O–H groups in total. The minimum Gasteiger partial charge on any atom is -0.353 e. The Kier molecular flexibility index (Phi) is 6.03. The molecule has 1 saturated heterocycles. The van der Waals surface area contributed by atoms with Crippen LogP contribution in [0.5, 0.6) is 0 Å². The molecule has 2 aromatic rings. The van der Waals surface area contributed by atoms with Gasteiger partial charge in [0.15, 0.2) is 0 Å². The SMILES string of the molecule is Cc1c(C)c(C)c(S(=O)(=O)NC[C@H](c2cccn2C)N2CCCC2)c(C)c1C. The molecule has 0 aliphatic carbocycles. The Balaban J connectivity index is 1.93. The minimum absolute atomic E-state index is 0.0468. The summed E-state index contributed by atoms with van der Waals surface area (Å²) in [5, 5.41) is 0. The van der Waals surface area contributed by atoms with Crippen LogP contribution in [0.3, 0.4) is 0 Å². The maximum Gasteiger partial charge on any atom is 0.241 e. The third-order valence-corrected chi connectivity index (χ3v) is 8.27. The van der Waals surface area contributed by atoms with Crippen molar-refractivity contribution in [3.8, 4) is 0 Å². The van der Waals surface area contributed by atoms with Gasteiger partial charge in [-0.25, -0.2) is 13.1 Å². The van der Waals surface area contributed by atoms with E-state index in [2.05, 4.69) is 27.2 Å². The highest BCUT2D eigenvalue weighted by Gasteiger charge is 2.29. The van der Waals surface area contributed by atoms with Gasteiger partial charge in [0, 0.05) is 25.5 Å². The van der Waals surface area contributed by atoms with Crippen molar-refractivity contribution in [3.05, 3.63) is 51.8 Å². The van der Waals surface area contributed by atoms with Gasteiger partial charge in [-0.2, -0.15) is 0 Å². The Hall–Kier alpha value is -1.63. The standard InChI is InChI=1S/C22H33N3O2S/c1-15-16(2)18(4)22(19(5)17(15)3)28(26,27)23-14-21(25-12-7-8-13-25)20-10-9-11-24(20)6/h9-11,21,23H,7-8,12-14H2,1-6H3/t21-/m1/s1. The zero-order valence-electron chi connectivity index (χ0n) is 18.0. The fourth-order valence-corrected chi connectivity index (χ4v) is 6.06. The average molecular weight is 404 g/mol. The van der Waals surface area contributed by atoms with Crippen LogP contribution in [-0.4, -0.2) is 37.5 Å². The lowest BCUT2D eigenvalue weighted by Gasteiger charge is -2.29. The van der Waals surface area contributed by atoms with Crippen molar-refractivity contribution in [1.82, 2.24) is 14.2 Å². The second-order valence-corrected chi connectivity index (χ2v) is 9.81. The second kappa shape index (κ2) is 8.01. The maximum absolute atomic E-state index is 13.3. The van der Waals surface area contributed by atoms with E-state index in [0.717, 1.165) is 41.0 Å². The Labute approximate surface area is 169 Å². The Morgan fingerprint density at radius 1 is 0.964 bits per heavy atom. The van der Waals surface area contributed by atoms with Crippen LogP contribution >= 0.6 is 0 Å². The monoisotopic (exact) mass is 403 g/mol. The molecule has 1 aliphatic heterocycles. The number of benzene rings is 1. The van der Waals surface area contributed by atoms with E-state index in [4.69, 9.17) is 0 Å². The number of hydrogen-bond donors (Lipinski definition) is 1. The third-order valence-electron chi connectivity index (χ3n) is 6.57. The smallest absolute Gasteiger partial charge is 0.241 e. The highest BCUT2D eigenvalue weighted by Crippen LogP contribution is 2.30. The molecular weight excluding hydrogens is 370 g/mol. The molecule has 154 valence electrons. The van der Waals surface area contributed by atoms with Crippen LogP contribution in [0.25, 0.3) is 0 Å². The fourth-order valence-electron chi connectivity index (χ4n) is 4.42. The van der Waals surface area contributed by atoms with E-state index in [1.165, 1.54) is 18.4 Å². The molecule has 0 radical (unpaired) electrons. The normalized spacial score (nSPS) is 16.6. The van der Waals surface area contributed by atoms with Crippen LogP contribution < -0.4 is 4.72 Å². The van der Waals surface area contributed by atoms with E-state index < -0.39 is 10.0 Å². The van der Waals surface area contributed by atoms with Crippen molar-refractivity contribution in [3.63, 3.8) is 0 Å². The van der Waals surface area contributed by atoms with Crippen molar-refractivity contribution >= 4 is 10.0 Å². The lowest BCUT2D eigenvalue weighted by molar-refractivity contribution is 0.238. The highest BCUT2D eigenvalue weighted by molar-refractivity contribution is 7.89. The molecule has 0 unspecified atom stereocenters. The van der Waals surface area contributed by atoms with E-state index in [0.29, 0.717) is 11.4 Å². The maximum atomic E-state index is 13.3.